The lowest BCUT2D eigenvalue weighted by atomic mass is 10.1. The number of fused-ring (bicyclic) bond motifs is 1. The van der Waals surface area contributed by atoms with E-state index in [0.717, 1.165) is 50.4 Å². The highest BCUT2D eigenvalue weighted by Gasteiger charge is 2.20. The van der Waals surface area contributed by atoms with Gasteiger partial charge in [0.1, 0.15) is 6.10 Å². The Balaban J connectivity index is 1.45. The number of hydrogen-bond donors (Lipinski definition) is 1. The molecule has 0 saturated carbocycles. The van der Waals surface area contributed by atoms with E-state index in [-0.39, 0.29) is 0 Å². The van der Waals surface area contributed by atoms with Crippen LogP contribution in [0, 0.1) is 0 Å². The Morgan fingerprint density at radius 3 is 2.77 bits per heavy atom. The third-order valence-electron chi connectivity index (χ3n) is 4.75. The zero-order valence-electron chi connectivity index (χ0n) is 14.5. The molecule has 0 radical (unpaired) electrons. The maximum atomic E-state index is 10.6. The van der Waals surface area contributed by atoms with E-state index in [0.29, 0.717) is 10.7 Å². The van der Waals surface area contributed by atoms with Crippen molar-refractivity contribution < 1.29 is 5.11 Å². The maximum absolute atomic E-state index is 10.6. The SMILES string of the molecule is O[C@@H](c1ccccc1)c1cc2n(n1)CCCN(CCn1cc(Cl)cn1)C2. The fourth-order valence-electron chi connectivity index (χ4n) is 3.39. The second-order valence-electron chi connectivity index (χ2n) is 6.65. The van der Waals surface area contributed by atoms with Crippen LogP contribution >= 0.6 is 11.6 Å². The van der Waals surface area contributed by atoms with Crippen molar-refractivity contribution >= 4 is 11.6 Å². The number of rotatable bonds is 5. The van der Waals surface area contributed by atoms with Gasteiger partial charge in [0.2, 0.25) is 0 Å². The van der Waals surface area contributed by atoms with Gasteiger partial charge >= 0.3 is 0 Å². The fourth-order valence-corrected chi connectivity index (χ4v) is 3.54. The molecule has 0 bridgehead atoms. The fraction of sp³-hybridized carbons (Fsp3) is 0.368. The molecule has 1 aromatic carbocycles. The lowest BCUT2D eigenvalue weighted by Gasteiger charge is -2.19. The first-order valence-electron chi connectivity index (χ1n) is 8.89. The predicted molar refractivity (Wildman–Crippen MR) is 99.9 cm³/mol. The van der Waals surface area contributed by atoms with Crippen LogP contribution in [-0.2, 0) is 19.6 Å². The molecular formula is C19H22ClN5O. The van der Waals surface area contributed by atoms with Crippen molar-refractivity contribution in [2.24, 2.45) is 0 Å². The molecule has 0 spiro atoms. The summed E-state index contributed by atoms with van der Waals surface area (Å²) in [6, 6.07) is 11.7. The number of aryl methyl sites for hydroxylation is 1. The smallest absolute Gasteiger partial charge is 0.123 e. The molecule has 1 atom stereocenters. The Morgan fingerprint density at radius 2 is 2.00 bits per heavy atom. The normalized spacial score (nSPS) is 16.2. The molecule has 4 rings (SSSR count). The molecule has 3 aromatic rings. The molecule has 0 unspecified atom stereocenters. The topological polar surface area (TPSA) is 59.1 Å². The molecule has 1 N–H and O–H groups in total. The molecule has 0 amide bonds. The van der Waals surface area contributed by atoms with Crippen molar-refractivity contribution in [1.29, 1.82) is 0 Å². The third kappa shape index (κ3) is 3.82. The molecule has 0 fully saturated rings. The van der Waals surface area contributed by atoms with Gasteiger partial charge in [0.25, 0.3) is 0 Å². The van der Waals surface area contributed by atoms with Crippen molar-refractivity contribution in [3.63, 3.8) is 0 Å². The summed E-state index contributed by atoms with van der Waals surface area (Å²) in [5.74, 6) is 0. The number of nitrogens with zero attached hydrogens (tertiary/aromatic N) is 5. The van der Waals surface area contributed by atoms with Gasteiger partial charge < -0.3 is 5.11 Å². The predicted octanol–water partition coefficient (Wildman–Crippen LogP) is 2.72. The van der Waals surface area contributed by atoms with E-state index >= 15 is 0 Å². The third-order valence-corrected chi connectivity index (χ3v) is 4.95. The van der Waals surface area contributed by atoms with E-state index in [1.54, 1.807) is 6.20 Å². The number of aliphatic hydroxyl groups is 1. The Bertz CT molecular complexity index is 860. The van der Waals surface area contributed by atoms with Gasteiger partial charge in [-0.15, -0.1) is 0 Å². The summed E-state index contributed by atoms with van der Waals surface area (Å²) < 4.78 is 3.90. The van der Waals surface area contributed by atoms with Crippen molar-refractivity contribution in [3.8, 4) is 0 Å². The summed E-state index contributed by atoms with van der Waals surface area (Å²) in [5, 5.41) is 20.2. The first-order valence-corrected chi connectivity index (χ1v) is 9.27. The minimum absolute atomic E-state index is 0.665. The zero-order chi connectivity index (χ0) is 17.9. The molecule has 0 aliphatic carbocycles. The lowest BCUT2D eigenvalue weighted by molar-refractivity contribution is 0.213. The van der Waals surface area contributed by atoms with Gasteiger partial charge in [-0.25, -0.2) is 0 Å². The lowest BCUT2D eigenvalue weighted by Crippen LogP contribution is -2.27. The summed E-state index contributed by atoms with van der Waals surface area (Å²) >= 11 is 5.93. The summed E-state index contributed by atoms with van der Waals surface area (Å²) in [6.07, 6.45) is 3.86. The van der Waals surface area contributed by atoms with Crippen molar-refractivity contribution in [3.05, 3.63) is 70.8 Å². The minimum atomic E-state index is -0.685. The van der Waals surface area contributed by atoms with Crippen LogP contribution in [0.3, 0.4) is 0 Å². The quantitative estimate of drug-likeness (QED) is 0.749. The molecule has 0 saturated heterocycles. The van der Waals surface area contributed by atoms with Gasteiger partial charge in [-0.2, -0.15) is 10.2 Å². The molecule has 7 heteroatoms. The van der Waals surface area contributed by atoms with E-state index in [1.807, 2.05) is 52.0 Å². The first-order chi connectivity index (χ1) is 12.7. The number of aromatic nitrogens is 4. The van der Waals surface area contributed by atoms with Crippen LogP contribution in [0.25, 0.3) is 0 Å². The molecule has 3 heterocycles. The van der Waals surface area contributed by atoms with E-state index in [9.17, 15) is 5.11 Å². The Kier molecular flexibility index (Phi) is 5.06. The van der Waals surface area contributed by atoms with Crippen molar-refractivity contribution in [2.75, 3.05) is 13.1 Å². The van der Waals surface area contributed by atoms with Crippen LogP contribution in [0.2, 0.25) is 5.02 Å². The average molecular weight is 372 g/mol. The van der Waals surface area contributed by atoms with Crippen LogP contribution in [0.5, 0.6) is 0 Å². The summed E-state index contributed by atoms with van der Waals surface area (Å²) in [5.41, 5.74) is 2.73. The molecular weight excluding hydrogens is 350 g/mol. The number of halogens is 1. The zero-order valence-corrected chi connectivity index (χ0v) is 15.3. The van der Waals surface area contributed by atoms with E-state index in [2.05, 4.69) is 15.1 Å². The van der Waals surface area contributed by atoms with Gasteiger partial charge in [-0.3, -0.25) is 14.3 Å². The van der Waals surface area contributed by atoms with Gasteiger partial charge in [-0.05, 0) is 18.1 Å². The van der Waals surface area contributed by atoms with Crippen molar-refractivity contribution in [1.82, 2.24) is 24.5 Å². The Labute approximate surface area is 157 Å². The van der Waals surface area contributed by atoms with Crippen LogP contribution in [0.4, 0.5) is 0 Å². The molecule has 6 nitrogen and oxygen atoms in total. The van der Waals surface area contributed by atoms with Gasteiger partial charge in [-0.1, -0.05) is 41.9 Å². The van der Waals surface area contributed by atoms with E-state index in [1.165, 1.54) is 0 Å². The first kappa shape index (κ1) is 17.3. The largest absolute Gasteiger partial charge is 0.382 e. The highest BCUT2D eigenvalue weighted by atomic mass is 35.5. The van der Waals surface area contributed by atoms with Gasteiger partial charge in [0, 0.05) is 32.4 Å². The molecule has 1 aliphatic rings. The van der Waals surface area contributed by atoms with Crippen LogP contribution in [-0.4, -0.2) is 42.7 Å². The number of hydrogen-bond acceptors (Lipinski definition) is 4. The van der Waals surface area contributed by atoms with Crippen molar-refractivity contribution in [2.45, 2.75) is 32.2 Å². The Hall–Kier alpha value is -2.15. The summed E-state index contributed by atoms with van der Waals surface area (Å²) in [6.45, 7) is 4.43. The summed E-state index contributed by atoms with van der Waals surface area (Å²) in [4.78, 5) is 2.40. The number of benzene rings is 1. The van der Waals surface area contributed by atoms with Gasteiger partial charge in [0.15, 0.2) is 0 Å². The van der Waals surface area contributed by atoms with Crippen LogP contribution < -0.4 is 0 Å². The Morgan fingerprint density at radius 1 is 1.15 bits per heavy atom. The molecule has 2 aromatic heterocycles. The van der Waals surface area contributed by atoms with Crippen LogP contribution in [0.15, 0.2) is 48.8 Å². The number of aliphatic hydroxyl groups excluding tert-OH is 1. The van der Waals surface area contributed by atoms with E-state index in [4.69, 9.17) is 11.6 Å². The molecule has 1 aliphatic heterocycles. The second-order valence-corrected chi connectivity index (χ2v) is 7.08. The summed E-state index contributed by atoms with van der Waals surface area (Å²) in [7, 11) is 0. The minimum Gasteiger partial charge on any atom is -0.382 e. The van der Waals surface area contributed by atoms with Crippen LogP contribution in [0.1, 0.15) is 29.5 Å². The monoisotopic (exact) mass is 371 g/mol. The average Bonchev–Trinajstić information content (AvgIpc) is 3.21. The maximum Gasteiger partial charge on any atom is 0.123 e. The molecule has 26 heavy (non-hydrogen) atoms. The highest BCUT2D eigenvalue weighted by Crippen LogP contribution is 2.23. The highest BCUT2D eigenvalue weighted by molar-refractivity contribution is 6.30. The standard InChI is InChI=1S/C19H22ClN5O/c20-16-12-21-24(13-16)10-9-23-7-4-8-25-17(14-23)11-18(22-25)19(26)15-5-2-1-3-6-15/h1-3,5-6,11-13,19,26H,4,7-10,14H2/t19-/m0/s1. The molecule has 136 valence electrons. The van der Waals surface area contributed by atoms with Gasteiger partial charge in [0.05, 0.1) is 29.2 Å². The second kappa shape index (κ2) is 7.61. The van der Waals surface area contributed by atoms with E-state index < -0.39 is 6.10 Å².